The molecule has 0 fully saturated rings. The topological polar surface area (TPSA) is 35.2 Å². The van der Waals surface area contributed by atoms with Crippen LogP contribution in [0.2, 0.25) is 5.02 Å². The second-order valence-corrected chi connectivity index (χ2v) is 6.57. The van der Waals surface area contributed by atoms with E-state index < -0.39 is 0 Å². The Hall–Kier alpha value is -1.03. The van der Waals surface area contributed by atoms with Gasteiger partial charge in [-0.3, -0.25) is 0 Å². The summed E-state index contributed by atoms with van der Waals surface area (Å²) in [5, 5.41) is 2.91. The van der Waals surface area contributed by atoms with Gasteiger partial charge in [0.15, 0.2) is 0 Å². The minimum atomic E-state index is 0.0192. The maximum Gasteiger partial charge on any atom is 0.122 e. The summed E-state index contributed by atoms with van der Waals surface area (Å²) in [7, 11) is 0. The van der Waals surface area contributed by atoms with Crippen molar-refractivity contribution in [2.45, 2.75) is 32.2 Å². The van der Waals surface area contributed by atoms with Crippen molar-refractivity contribution in [3.8, 4) is 5.75 Å². The molecule has 0 bridgehead atoms. The summed E-state index contributed by atoms with van der Waals surface area (Å²) in [5.41, 5.74) is 10.0. The number of rotatable bonds is 4. The lowest BCUT2D eigenvalue weighted by atomic mass is 10.0. The Kier molecular flexibility index (Phi) is 4.01. The van der Waals surface area contributed by atoms with Gasteiger partial charge in [0.05, 0.1) is 11.6 Å². The SMILES string of the molecule is Cc1csc(C(N)CCc2ccc3c(c2)CCO3)c1Cl. The van der Waals surface area contributed by atoms with Crippen molar-refractivity contribution in [1.29, 1.82) is 0 Å². The van der Waals surface area contributed by atoms with Crippen LogP contribution >= 0.6 is 22.9 Å². The Morgan fingerprint density at radius 2 is 2.30 bits per heavy atom. The molecule has 0 saturated heterocycles. The van der Waals surface area contributed by atoms with E-state index in [9.17, 15) is 0 Å². The Morgan fingerprint density at radius 1 is 1.45 bits per heavy atom. The summed E-state index contributed by atoms with van der Waals surface area (Å²) in [6.07, 6.45) is 2.91. The standard InChI is InChI=1S/C16H18ClNOS/c1-10-9-20-16(15(10)17)13(18)4-2-11-3-5-14-12(8-11)6-7-19-14/h3,5,8-9,13H,2,4,6-7,18H2,1H3. The number of fused-ring (bicyclic) bond motifs is 1. The van der Waals surface area contributed by atoms with E-state index in [0.29, 0.717) is 0 Å². The molecule has 3 rings (SSSR count). The van der Waals surface area contributed by atoms with Crippen molar-refractivity contribution in [2.24, 2.45) is 5.73 Å². The van der Waals surface area contributed by atoms with Crippen LogP contribution in [0.4, 0.5) is 0 Å². The van der Waals surface area contributed by atoms with Crippen LogP contribution in [0.25, 0.3) is 0 Å². The molecule has 1 aliphatic heterocycles. The van der Waals surface area contributed by atoms with Gasteiger partial charge in [-0.25, -0.2) is 0 Å². The molecule has 2 heterocycles. The molecule has 0 aliphatic carbocycles. The zero-order valence-electron chi connectivity index (χ0n) is 11.5. The fraction of sp³-hybridized carbons (Fsp3) is 0.375. The molecular formula is C16H18ClNOS. The molecule has 1 unspecified atom stereocenters. The van der Waals surface area contributed by atoms with Gasteiger partial charge in [0, 0.05) is 17.3 Å². The molecule has 0 amide bonds. The maximum atomic E-state index is 6.28. The van der Waals surface area contributed by atoms with Crippen LogP contribution in [0, 0.1) is 6.92 Å². The largest absolute Gasteiger partial charge is 0.493 e. The van der Waals surface area contributed by atoms with Gasteiger partial charge in [0.2, 0.25) is 0 Å². The van der Waals surface area contributed by atoms with Gasteiger partial charge in [-0.1, -0.05) is 23.7 Å². The predicted molar refractivity (Wildman–Crippen MR) is 85.0 cm³/mol. The Bertz CT molecular complexity index is 623. The summed E-state index contributed by atoms with van der Waals surface area (Å²) >= 11 is 7.94. The van der Waals surface area contributed by atoms with Crippen LogP contribution in [0.1, 0.15) is 34.0 Å². The molecular weight excluding hydrogens is 290 g/mol. The number of ether oxygens (including phenoxy) is 1. The Morgan fingerprint density at radius 3 is 3.05 bits per heavy atom. The highest BCUT2D eigenvalue weighted by molar-refractivity contribution is 7.10. The van der Waals surface area contributed by atoms with E-state index in [1.165, 1.54) is 11.1 Å². The molecule has 2 N–H and O–H groups in total. The first-order valence-electron chi connectivity index (χ1n) is 6.89. The fourth-order valence-electron chi connectivity index (χ4n) is 2.55. The summed E-state index contributed by atoms with van der Waals surface area (Å²) in [6, 6.07) is 6.48. The van der Waals surface area contributed by atoms with Gasteiger partial charge in [0.25, 0.3) is 0 Å². The van der Waals surface area contributed by atoms with Gasteiger partial charge in [0.1, 0.15) is 5.75 Å². The highest BCUT2D eigenvalue weighted by atomic mass is 35.5. The molecule has 0 spiro atoms. The summed E-state index contributed by atoms with van der Waals surface area (Å²) < 4.78 is 5.53. The smallest absolute Gasteiger partial charge is 0.122 e. The van der Waals surface area contributed by atoms with E-state index in [4.69, 9.17) is 22.1 Å². The first kappa shape index (κ1) is 13.9. The van der Waals surface area contributed by atoms with Gasteiger partial charge in [-0.05, 0) is 47.9 Å². The van der Waals surface area contributed by atoms with Crippen molar-refractivity contribution in [1.82, 2.24) is 0 Å². The lowest BCUT2D eigenvalue weighted by Crippen LogP contribution is -2.10. The minimum absolute atomic E-state index is 0.0192. The number of nitrogens with two attached hydrogens (primary N) is 1. The van der Waals surface area contributed by atoms with E-state index in [1.54, 1.807) is 11.3 Å². The molecule has 0 radical (unpaired) electrons. The second kappa shape index (κ2) is 5.76. The second-order valence-electron chi connectivity index (χ2n) is 5.28. The van der Waals surface area contributed by atoms with Crippen molar-refractivity contribution < 1.29 is 4.74 Å². The minimum Gasteiger partial charge on any atom is -0.493 e. The first-order chi connectivity index (χ1) is 9.65. The first-order valence-corrected chi connectivity index (χ1v) is 8.14. The zero-order valence-corrected chi connectivity index (χ0v) is 13.1. The van der Waals surface area contributed by atoms with Gasteiger partial charge in [-0.15, -0.1) is 11.3 Å². The summed E-state index contributed by atoms with van der Waals surface area (Å²) in [4.78, 5) is 1.11. The highest BCUT2D eigenvalue weighted by Gasteiger charge is 2.16. The molecule has 1 aliphatic rings. The summed E-state index contributed by atoms with van der Waals surface area (Å²) in [6.45, 7) is 2.83. The number of halogens is 1. The van der Waals surface area contributed by atoms with Crippen molar-refractivity contribution in [2.75, 3.05) is 6.61 Å². The molecule has 4 heteroatoms. The van der Waals surface area contributed by atoms with E-state index in [1.807, 2.05) is 6.92 Å². The van der Waals surface area contributed by atoms with Gasteiger partial charge < -0.3 is 10.5 Å². The molecule has 2 nitrogen and oxygen atoms in total. The lowest BCUT2D eigenvalue weighted by molar-refractivity contribution is 0.357. The number of hydrogen-bond donors (Lipinski definition) is 1. The van der Waals surface area contributed by atoms with E-state index >= 15 is 0 Å². The predicted octanol–water partition coefficient (Wildman–Crippen LogP) is 4.28. The van der Waals surface area contributed by atoms with E-state index in [0.717, 1.165) is 47.1 Å². The van der Waals surface area contributed by atoms with Gasteiger partial charge >= 0.3 is 0 Å². The third kappa shape index (κ3) is 2.71. The van der Waals surface area contributed by atoms with Crippen LogP contribution in [0.15, 0.2) is 23.6 Å². The third-order valence-corrected chi connectivity index (χ3v) is 5.61. The average Bonchev–Trinajstić information content (AvgIpc) is 3.03. The molecule has 2 aromatic rings. The number of aryl methyl sites for hydroxylation is 2. The quantitative estimate of drug-likeness (QED) is 0.915. The van der Waals surface area contributed by atoms with E-state index in [2.05, 4.69) is 23.6 Å². The van der Waals surface area contributed by atoms with Crippen molar-refractivity contribution in [3.63, 3.8) is 0 Å². The normalized spacial score (nSPS) is 14.9. The highest BCUT2D eigenvalue weighted by Crippen LogP contribution is 2.33. The third-order valence-electron chi connectivity index (χ3n) is 3.76. The lowest BCUT2D eigenvalue weighted by Gasteiger charge is -2.11. The molecule has 1 aromatic carbocycles. The Labute approximate surface area is 128 Å². The van der Waals surface area contributed by atoms with Gasteiger partial charge in [-0.2, -0.15) is 0 Å². The number of hydrogen-bond acceptors (Lipinski definition) is 3. The van der Waals surface area contributed by atoms with Crippen LogP contribution in [0.5, 0.6) is 5.75 Å². The molecule has 1 atom stereocenters. The number of benzene rings is 1. The number of thiophene rings is 1. The Balaban J connectivity index is 1.66. The van der Waals surface area contributed by atoms with Crippen LogP contribution in [-0.4, -0.2) is 6.61 Å². The van der Waals surface area contributed by atoms with Crippen LogP contribution in [-0.2, 0) is 12.8 Å². The molecule has 1 aromatic heterocycles. The molecule has 106 valence electrons. The van der Waals surface area contributed by atoms with Crippen molar-refractivity contribution >= 4 is 22.9 Å². The van der Waals surface area contributed by atoms with Crippen molar-refractivity contribution in [3.05, 3.63) is 50.2 Å². The average molecular weight is 308 g/mol. The molecule has 0 saturated carbocycles. The summed E-state index contributed by atoms with van der Waals surface area (Å²) in [5.74, 6) is 1.04. The van der Waals surface area contributed by atoms with Crippen LogP contribution in [0.3, 0.4) is 0 Å². The van der Waals surface area contributed by atoms with Crippen LogP contribution < -0.4 is 10.5 Å². The molecule has 20 heavy (non-hydrogen) atoms. The fourth-order valence-corrected chi connectivity index (χ4v) is 3.92. The van der Waals surface area contributed by atoms with E-state index in [-0.39, 0.29) is 6.04 Å². The zero-order chi connectivity index (χ0) is 14.1. The monoisotopic (exact) mass is 307 g/mol. The maximum absolute atomic E-state index is 6.28.